The average molecular weight is 662 g/mol. The van der Waals surface area contributed by atoms with E-state index in [1.165, 1.54) is 51.7 Å². The molecule has 0 aliphatic rings. The number of hydrogen-bond donors (Lipinski definition) is 0. The molecule has 0 saturated heterocycles. The number of unbranched alkanes of at least 4 members (excludes halogenated alkanes) is 5. The van der Waals surface area contributed by atoms with Gasteiger partial charge in [-0.05, 0) is 40.8 Å². The first-order valence-corrected chi connectivity index (χ1v) is 17.5. The van der Waals surface area contributed by atoms with Gasteiger partial charge in [-0.1, -0.05) is 148 Å². The molecule has 2 unspecified atom stereocenters. The van der Waals surface area contributed by atoms with Crippen LogP contribution in [0.5, 0.6) is 0 Å². The molecule has 1 heterocycles. The highest BCUT2D eigenvalue weighted by atomic mass is 32.2. The lowest BCUT2D eigenvalue weighted by molar-refractivity contribution is 0.0590. The Kier molecular flexibility index (Phi) is 12.6. The van der Waals surface area contributed by atoms with Gasteiger partial charge in [0, 0.05) is 6.42 Å². The van der Waals surface area contributed by atoms with Gasteiger partial charge in [0.2, 0.25) is 5.16 Å². The van der Waals surface area contributed by atoms with Gasteiger partial charge < -0.3 is 9.47 Å². The highest BCUT2D eigenvalue weighted by Gasteiger charge is 2.29. The van der Waals surface area contributed by atoms with Crippen molar-refractivity contribution in [1.29, 1.82) is 0 Å². The Morgan fingerprint density at radius 1 is 0.667 bits per heavy atom. The number of methoxy groups -OCH3 is 2. The molecule has 48 heavy (non-hydrogen) atoms. The minimum absolute atomic E-state index is 0.281. The monoisotopic (exact) mass is 661 g/mol. The smallest absolute Gasteiger partial charge is 0.338 e. The fourth-order valence-corrected chi connectivity index (χ4v) is 7.14. The van der Waals surface area contributed by atoms with Crippen molar-refractivity contribution in [3.05, 3.63) is 148 Å². The van der Waals surface area contributed by atoms with Crippen LogP contribution in [0, 0.1) is 0 Å². The average Bonchev–Trinajstić information content (AvgIpc) is 3.54. The zero-order chi connectivity index (χ0) is 33.7. The Labute approximate surface area is 287 Å². The predicted molar refractivity (Wildman–Crippen MR) is 190 cm³/mol. The number of aryl methyl sites for hydroxylation is 1. The zero-order valence-corrected chi connectivity index (χ0v) is 28.7. The Hall–Kier alpha value is -4.69. The molecule has 0 aliphatic heterocycles. The predicted octanol–water partition coefficient (Wildman–Crippen LogP) is 9.27. The molecule has 2 atom stereocenters. The lowest BCUT2D eigenvalue weighted by Crippen LogP contribution is -2.20. The summed E-state index contributed by atoms with van der Waals surface area (Å²) in [5.41, 5.74) is 4.60. The molecule has 0 bridgehead atoms. The summed E-state index contributed by atoms with van der Waals surface area (Å²) in [7, 11) is 2.80. The Balaban J connectivity index is 1.63. The van der Waals surface area contributed by atoms with E-state index in [1.54, 1.807) is 12.1 Å². The standard InChI is InChI=1S/C40H43N3O4S/c1-4-5-6-7-8-15-28-35-41-40(48-37(30-22-13-10-14-23-30)32-25-17-19-27-34(32)39(45)47-3)42-43(35)36(29-20-11-9-12-21-29)31-24-16-18-26-33(31)38(44)46-2/h9-14,16-27,36-37H,4-8,15,28H2,1-3H3. The number of esters is 2. The van der Waals surface area contributed by atoms with Gasteiger partial charge in [-0.2, -0.15) is 0 Å². The number of rotatable bonds is 16. The van der Waals surface area contributed by atoms with Gasteiger partial charge in [-0.15, -0.1) is 5.10 Å². The van der Waals surface area contributed by atoms with Crippen LogP contribution in [0.25, 0.3) is 0 Å². The van der Waals surface area contributed by atoms with Crippen LogP contribution in [0.15, 0.2) is 114 Å². The summed E-state index contributed by atoms with van der Waals surface area (Å²) >= 11 is 1.50. The van der Waals surface area contributed by atoms with Crippen molar-refractivity contribution in [2.75, 3.05) is 14.2 Å². The van der Waals surface area contributed by atoms with E-state index in [2.05, 4.69) is 31.2 Å². The SMILES string of the molecule is CCCCCCCCc1nc(SC(c2ccccc2)c2ccccc2C(=O)OC)nn1C(c1ccccc1)c1ccccc1C(=O)OC. The van der Waals surface area contributed by atoms with E-state index in [0.717, 1.165) is 47.3 Å². The van der Waals surface area contributed by atoms with Crippen molar-refractivity contribution in [2.24, 2.45) is 0 Å². The molecule has 7 nitrogen and oxygen atoms in total. The number of ether oxygens (including phenoxy) is 2. The van der Waals surface area contributed by atoms with Crippen LogP contribution in [-0.2, 0) is 15.9 Å². The number of nitrogens with zero attached hydrogens (tertiary/aromatic N) is 3. The third kappa shape index (κ3) is 8.42. The van der Waals surface area contributed by atoms with Crippen molar-refractivity contribution < 1.29 is 19.1 Å². The molecule has 5 rings (SSSR count). The summed E-state index contributed by atoms with van der Waals surface area (Å²) < 4.78 is 12.4. The Morgan fingerprint density at radius 2 is 1.19 bits per heavy atom. The minimum Gasteiger partial charge on any atom is -0.465 e. The van der Waals surface area contributed by atoms with Crippen LogP contribution in [0.1, 0.15) is 106 Å². The van der Waals surface area contributed by atoms with Gasteiger partial charge in [0.15, 0.2) is 0 Å². The quantitative estimate of drug-likeness (QED) is 0.0592. The number of benzene rings is 4. The fourth-order valence-electron chi connectivity index (χ4n) is 6.01. The van der Waals surface area contributed by atoms with Crippen molar-refractivity contribution in [2.45, 2.75) is 68.3 Å². The maximum atomic E-state index is 13.1. The van der Waals surface area contributed by atoms with E-state index in [-0.39, 0.29) is 5.25 Å². The topological polar surface area (TPSA) is 83.3 Å². The maximum absolute atomic E-state index is 13.1. The Bertz CT molecular complexity index is 1770. The van der Waals surface area contributed by atoms with Gasteiger partial charge in [-0.3, -0.25) is 0 Å². The molecule has 0 N–H and O–H groups in total. The molecule has 0 radical (unpaired) electrons. The number of carbonyl (C=O) groups is 2. The van der Waals surface area contributed by atoms with Crippen LogP contribution in [0.3, 0.4) is 0 Å². The summed E-state index contributed by atoms with van der Waals surface area (Å²) in [5.74, 6) is 0.0507. The van der Waals surface area contributed by atoms with Gasteiger partial charge in [0.25, 0.3) is 0 Å². The lowest BCUT2D eigenvalue weighted by Gasteiger charge is -2.22. The van der Waals surface area contributed by atoms with Crippen molar-refractivity contribution in [1.82, 2.24) is 14.8 Å². The van der Waals surface area contributed by atoms with Gasteiger partial charge in [0.05, 0.1) is 30.6 Å². The molecule has 4 aromatic carbocycles. The van der Waals surface area contributed by atoms with Gasteiger partial charge in [-0.25, -0.2) is 19.3 Å². The minimum atomic E-state index is -0.420. The van der Waals surface area contributed by atoms with Crippen molar-refractivity contribution in [3.8, 4) is 0 Å². The van der Waals surface area contributed by atoms with Gasteiger partial charge >= 0.3 is 11.9 Å². The molecule has 0 aliphatic carbocycles. The molecule has 8 heteroatoms. The zero-order valence-electron chi connectivity index (χ0n) is 27.9. The fraction of sp³-hybridized carbons (Fsp3) is 0.300. The summed E-state index contributed by atoms with van der Waals surface area (Å²) in [6.45, 7) is 2.23. The first kappa shape index (κ1) is 34.6. The second-order valence-corrected chi connectivity index (χ2v) is 12.7. The summed E-state index contributed by atoms with van der Waals surface area (Å²) in [5, 5.41) is 5.51. The molecule has 0 amide bonds. The second-order valence-electron chi connectivity index (χ2n) is 11.7. The molecule has 0 saturated carbocycles. The van der Waals surface area contributed by atoms with E-state index >= 15 is 0 Å². The molecular weight excluding hydrogens is 619 g/mol. The summed E-state index contributed by atoms with van der Waals surface area (Å²) in [6.07, 6.45) is 7.65. The molecular formula is C40H43N3O4S. The molecule has 1 aromatic heterocycles. The van der Waals surface area contributed by atoms with E-state index < -0.39 is 18.0 Å². The van der Waals surface area contributed by atoms with Crippen LogP contribution in [0.2, 0.25) is 0 Å². The van der Waals surface area contributed by atoms with Crippen molar-refractivity contribution >= 4 is 23.7 Å². The van der Waals surface area contributed by atoms with Crippen LogP contribution < -0.4 is 0 Å². The summed E-state index contributed by atoms with van der Waals surface area (Å²) in [6, 6.07) is 34.8. The normalized spacial score (nSPS) is 12.3. The van der Waals surface area contributed by atoms with E-state index in [9.17, 15) is 9.59 Å². The number of carbonyl (C=O) groups excluding carboxylic acids is 2. The highest BCUT2D eigenvalue weighted by molar-refractivity contribution is 7.99. The molecule has 0 fully saturated rings. The number of hydrogen-bond acceptors (Lipinski definition) is 7. The van der Waals surface area contributed by atoms with Crippen LogP contribution in [-0.4, -0.2) is 40.9 Å². The summed E-state index contributed by atoms with van der Waals surface area (Å²) in [4.78, 5) is 31.1. The van der Waals surface area contributed by atoms with E-state index in [0.29, 0.717) is 16.3 Å². The first-order chi connectivity index (χ1) is 23.5. The van der Waals surface area contributed by atoms with Crippen LogP contribution in [0.4, 0.5) is 0 Å². The number of aromatic nitrogens is 3. The van der Waals surface area contributed by atoms with Crippen molar-refractivity contribution in [3.63, 3.8) is 0 Å². The molecule has 0 spiro atoms. The Morgan fingerprint density at radius 3 is 1.81 bits per heavy atom. The van der Waals surface area contributed by atoms with Crippen LogP contribution >= 0.6 is 11.8 Å². The van der Waals surface area contributed by atoms with E-state index in [1.807, 2.05) is 77.5 Å². The van der Waals surface area contributed by atoms with E-state index in [4.69, 9.17) is 19.6 Å². The maximum Gasteiger partial charge on any atom is 0.338 e. The molecule has 248 valence electrons. The number of thioether (sulfide) groups is 1. The third-order valence-corrected chi connectivity index (χ3v) is 9.58. The third-order valence-electron chi connectivity index (χ3n) is 8.43. The first-order valence-electron chi connectivity index (χ1n) is 16.6. The van der Waals surface area contributed by atoms with Gasteiger partial charge in [0.1, 0.15) is 11.9 Å². The lowest BCUT2D eigenvalue weighted by atomic mass is 9.94. The molecule has 5 aromatic rings. The largest absolute Gasteiger partial charge is 0.465 e. The second kappa shape index (κ2) is 17.5. The highest BCUT2D eigenvalue weighted by Crippen LogP contribution is 2.42.